The van der Waals surface area contributed by atoms with Crippen LogP contribution in [0.4, 0.5) is 5.69 Å². The minimum Gasteiger partial charge on any atom is -0.464 e. The summed E-state index contributed by atoms with van der Waals surface area (Å²) >= 11 is 0. The van der Waals surface area contributed by atoms with E-state index in [0.29, 0.717) is 12.1 Å². The summed E-state index contributed by atoms with van der Waals surface area (Å²) < 4.78 is 5.45. The van der Waals surface area contributed by atoms with Gasteiger partial charge in [-0.1, -0.05) is 6.92 Å². The van der Waals surface area contributed by atoms with Crippen molar-refractivity contribution in [3.63, 3.8) is 0 Å². The summed E-state index contributed by atoms with van der Waals surface area (Å²) in [6.07, 6.45) is 2.15. The Bertz CT molecular complexity index is 545. The molecule has 0 saturated heterocycles. The maximum absolute atomic E-state index is 11.4. The molecule has 0 radical (unpaired) electrons. The zero-order valence-corrected chi connectivity index (χ0v) is 9.99. The summed E-state index contributed by atoms with van der Waals surface area (Å²) in [4.78, 5) is 11.4. The van der Waals surface area contributed by atoms with E-state index in [2.05, 4.69) is 5.32 Å². The van der Waals surface area contributed by atoms with Crippen molar-refractivity contribution in [1.29, 1.82) is 0 Å². The van der Waals surface area contributed by atoms with Gasteiger partial charge in [0.05, 0.1) is 6.26 Å². The lowest BCUT2D eigenvalue weighted by molar-refractivity contribution is -0.120. The van der Waals surface area contributed by atoms with Crippen molar-refractivity contribution in [3.8, 4) is 0 Å². The number of amides is 1. The fourth-order valence-corrected chi connectivity index (χ4v) is 1.94. The van der Waals surface area contributed by atoms with Gasteiger partial charge >= 0.3 is 0 Å². The molecule has 1 aromatic carbocycles. The number of nitrogens with one attached hydrogen (secondary N) is 1. The number of fused-ring (bicyclic) bond motifs is 1. The number of rotatable bonds is 3. The third kappa shape index (κ3) is 2.25. The van der Waals surface area contributed by atoms with Gasteiger partial charge < -0.3 is 15.5 Å². The van der Waals surface area contributed by atoms with Crippen LogP contribution in [0.25, 0.3) is 11.0 Å². The first-order chi connectivity index (χ1) is 8.11. The lowest BCUT2D eigenvalue weighted by Crippen LogP contribution is -2.19. The van der Waals surface area contributed by atoms with Crippen LogP contribution in [0.2, 0.25) is 0 Å². The average molecular weight is 232 g/mol. The summed E-state index contributed by atoms with van der Waals surface area (Å²) in [5.41, 5.74) is 8.29. The molecule has 0 aliphatic carbocycles. The maximum Gasteiger partial charge on any atom is 0.220 e. The highest BCUT2D eigenvalue weighted by atomic mass is 16.3. The minimum absolute atomic E-state index is 0.0238. The Morgan fingerprint density at radius 3 is 3.00 bits per heavy atom. The van der Waals surface area contributed by atoms with Gasteiger partial charge in [-0.2, -0.15) is 0 Å². The first-order valence-electron chi connectivity index (χ1n) is 5.59. The number of carbonyl (C=O) groups excluding carboxylic acids is 1. The average Bonchev–Trinajstić information content (AvgIpc) is 2.71. The highest BCUT2D eigenvalue weighted by Gasteiger charge is 2.15. The topological polar surface area (TPSA) is 68.3 Å². The molecule has 0 aliphatic rings. The fourth-order valence-electron chi connectivity index (χ4n) is 1.94. The van der Waals surface area contributed by atoms with Gasteiger partial charge in [0.15, 0.2) is 0 Å². The molecule has 0 bridgehead atoms. The molecule has 4 heteroatoms. The largest absolute Gasteiger partial charge is 0.464 e. The van der Waals surface area contributed by atoms with Gasteiger partial charge in [0.25, 0.3) is 0 Å². The summed E-state index contributed by atoms with van der Waals surface area (Å²) in [6.45, 7) is 2.00. The van der Waals surface area contributed by atoms with Crippen LogP contribution < -0.4 is 11.1 Å². The number of anilines is 1. The lowest BCUT2D eigenvalue weighted by Gasteiger charge is -2.08. The Morgan fingerprint density at radius 1 is 1.53 bits per heavy atom. The molecular formula is C13H16N2O2. The van der Waals surface area contributed by atoms with Crippen molar-refractivity contribution in [2.75, 3.05) is 12.8 Å². The second-order valence-corrected chi connectivity index (χ2v) is 4.22. The molecular weight excluding hydrogens is 216 g/mol. The molecule has 1 unspecified atom stereocenters. The number of hydrogen-bond acceptors (Lipinski definition) is 3. The molecule has 0 spiro atoms. The quantitative estimate of drug-likeness (QED) is 0.797. The molecule has 2 rings (SSSR count). The Kier molecular flexibility index (Phi) is 3.04. The summed E-state index contributed by atoms with van der Waals surface area (Å²) in [5.74, 6) is 0.133. The predicted molar refractivity (Wildman–Crippen MR) is 67.7 cm³/mol. The van der Waals surface area contributed by atoms with E-state index in [1.165, 1.54) is 0 Å². The molecule has 17 heavy (non-hydrogen) atoms. The lowest BCUT2D eigenvalue weighted by atomic mass is 9.97. The number of nitrogen functional groups attached to an aromatic ring is 1. The predicted octanol–water partition coefficient (Wildman–Crippen LogP) is 2.25. The van der Waals surface area contributed by atoms with E-state index in [1.807, 2.05) is 19.1 Å². The third-order valence-electron chi connectivity index (χ3n) is 2.93. The first kappa shape index (κ1) is 11.5. The van der Waals surface area contributed by atoms with Crippen molar-refractivity contribution in [1.82, 2.24) is 5.32 Å². The zero-order chi connectivity index (χ0) is 12.4. The Hall–Kier alpha value is -1.97. The summed E-state index contributed by atoms with van der Waals surface area (Å²) in [6, 6.07) is 5.54. The zero-order valence-electron chi connectivity index (χ0n) is 9.99. The molecule has 3 N–H and O–H groups in total. The molecule has 0 saturated carbocycles. The SMILES string of the molecule is CNC(=O)CC(C)c1coc2ccc(N)cc12. The molecule has 0 fully saturated rings. The van der Waals surface area contributed by atoms with Crippen LogP contribution in [0, 0.1) is 0 Å². The Labute approximate surface area is 99.8 Å². The van der Waals surface area contributed by atoms with Gasteiger partial charge in [-0.05, 0) is 24.1 Å². The van der Waals surface area contributed by atoms with Gasteiger partial charge in [-0.25, -0.2) is 0 Å². The van der Waals surface area contributed by atoms with Gasteiger partial charge in [-0.3, -0.25) is 4.79 Å². The van der Waals surface area contributed by atoms with Crippen LogP contribution in [0.5, 0.6) is 0 Å². The van der Waals surface area contributed by atoms with E-state index >= 15 is 0 Å². The van der Waals surface area contributed by atoms with Crippen molar-refractivity contribution >= 4 is 22.6 Å². The highest BCUT2D eigenvalue weighted by Crippen LogP contribution is 2.30. The molecule has 1 aromatic heterocycles. The molecule has 1 amide bonds. The van der Waals surface area contributed by atoms with Crippen LogP contribution in [0.15, 0.2) is 28.9 Å². The van der Waals surface area contributed by atoms with E-state index in [0.717, 1.165) is 16.5 Å². The van der Waals surface area contributed by atoms with Crippen LogP contribution in [-0.2, 0) is 4.79 Å². The van der Waals surface area contributed by atoms with Gasteiger partial charge in [0.1, 0.15) is 5.58 Å². The third-order valence-corrected chi connectivity index (χ3v) is 2.93. The van der Waals surface area contributed by atoms with Gasteiger partial charge in [0, 0.05) is 30.1 Å². The van der Waals surface area contributed by atoms with Crippen molar-refractivity contribution < 1.29 is 9.21 Å². The number of nitrogens with two attached hydrogens (primary N) is 1. The van der Waals surface area contributed by atoms with E-state index in [-0.39, 0.29) is 11.8 Å². The molecule has 1 heterocycles. The smallest absolute Gasteiger partial charge is 0.220 e. The van der Waals surface area contributed by atoms with Crippen LogP contribution in [0.3, 0.4) is 0 Å². The normalized spacial score (nSPS) is 12.6. The Morgan fingerprint density at radius 2 is 2.29 bits per heavy atom. The first-order valence-corrected chi connectivity index (χ1v) is 5.59. The molecule has 0 aliphatic heterocycles. The van der Waals surface area contributed by atoms with E-state index in [4.69, 9.17) is 10.2 Å². The van der Waals surface area contributed by atoms with Crippen LogP contribution in [-0.4, -0.2) is 13.0 Å². The number of hydrogen-bond donors (Lipinski definition) is 2. The van der Waals surface area contributed by atoms with E-state index in [9.17, 15) is 4.79 Å². The molecule has 2 aromatic rings. The minimum atomic E-state index is 0.0238. The van der Waals surface area contributed by atoms with Gasteiger partial charge in [-0.15, -0.1) is 0 Å². The van der Waals surface area contributed by atoms with Crippen molar-refractivity contribution in [2.24, 2.45) is 0 Å². The summed E-state index contributed by atoms with van der Waals surface area (Å²) in [7, 11) is 1.64. The van der Waals surface area contributed by atoms with Crippen LogP contribution in [0.1, 0.15) is 24.8 Å². The molecule has 90 valence electrons. The summed E-state index contributed by atoms with van der Waals surface area (Å²) in [5, 5.41) is 3.61. The van der Waals surface area contributed by atoms with E-state index in [1.54, 1.807) is 19.4 Å². The molecule has 4 nitrogen and oxygen atoms in total. The van der Waals surface area contributed by atoms with Crippen molar-refractivity contribution in [3.05, 3.63) is 30.0 Å². The second kappa shape index (κ2) is 4.49. The Balaban J connectivity index is 2.35. The fraction of sp³-hybridized carbons (Fsp3) is 0.308. The highest BCUT2D eigenvalue weighted by molar-refractivity contribution is 5.85. The number of benzene rings is 1. The number of furan rings is 1. The van der Waals surface area contributed by atoms with Crippen molar-refractivity contribution in [2.45, 2.75) is 19.3 Å². The van der Waals surface area contributed by atoms with Crippen LogP contribution >= 0.6 is 0 Å². The molecule has 1 atom stereocenters. The second-order valence-electron chi connectivity index (χ2n) is 4.22. The monoisotopic (exact) mass is 232 g/mol. The standard InChI is InChI=1S/C13H16N2O2/c1-8(5-13(16)15-2)11-7-17-12-4-3-9(14)6-10(11)12/h3-4,6-8H,5,14H2,1-2H3,(H,15,16). The van der Waals surface area contributed by atoms with Gasteiger partial charge in [0.2, 0.25) is 5.91 Å². The maximum atomic E-state index is 11.4. The number of carbonyl (C=O) groups is 1. The van der Waals surface area contributed by atoms with E-state index < -0.39 is 0 Å².